The Bertz CT molecular complexity index is 1080. The number of ether oxygens (including phenoxy) is 1. The minimum absolute atomic E-state index is 0.00469. The Balaban J connectivity index is 1.87. The molecule has 0 unspecified atom stereocenters. The lowest BCUT2D eigenvalue weighted by molar-refractivity contribution is -0.148. The molecule has 2 aromatic carbocycles. The van der Waals surface area contributed by atoms with Gasteiger partial charge in [-0.3, -0.25) is 9.59 Å². The topological polar surface area (TPSA) is 136 Å². The lowest BCUT2D eigenvalue weighted by Gasteiger charge is -2.14. The number of carbonyl (C=O) groups is 2. The zero-order chi connectivity index (χ0) is 21.7. The van der Waals surface area contributed by atoms with Crippen LogP contribution in [0.5, 0.6) is 0 Å². The van der Waals surface area contributed by atoms with Crippen LogP contribution in [0.2, 0.25) is 0 Å². The molecule has 0 fully saturated rings. The van der Waals surface area contributed by atoms with Crippen LogP contribution >= 0.6 is 0 Å². The average molecular weight is 440 g/mol. The summed E-state index contributed by atoms with van der Waals surface area (Å²) in [5, 5.41) is 2.44. The van der Waals surface area contributed by atoms with Gasteiger partial charge in [-0.05, 0) is 43.3 Å². The van der Waals surface area contributed by atoms with Crippen molar-refractivity contribution in [1.82, 2.24) is 4.72 Å². The van der Waals surface area contributed by atoms with Gasteiger partial charge in [-0.25, -0.2) is 16.8 Å². The van der Waals surface area contributed by atoms with E-state index in [1.165, 1.54) is 43.3 Å². The summed E-state index contributed by atoms with van der Waals surface area (Å²) in [6.45, 7) is 0.661. The maximum atomic E-state index is 12.2. The van der Waals surface area contributed by atoms with Crippen molar-refractivity contribution >= 4 is 37.4 Å². The summed E-state index contributed by atoms with van der Waals surface area (Å²) in [4.78, 5) is 23.9. The molecule has 0 aliphatic carbocycles. The second-order valence-electron chi connectivity index (χ2n) is 6.11. The fourth-order valence-electron chi connectivity index (χ4n) is 2.19. The first kappa shape index (κ1) is 22.5. The van der Waals surface area contributed by atoms with Gasteiger partial charge >= 0.3 is 5.97 Å². The lowest BCUT2D eigenvalue weighted by Crippen LogP contribution is -2.40. The number of carbonyl (C=O) groups excluding carboxylic acids is 2. The molecule has 1 atom stereocenters. The van der Waals surface area contributed by atoms with Crippen LogP contribution in [0.25, 0.3) is 0 Å². The smallest absolute Gasteiger partial charge is 0.324 e. The van der Waals surface area contributed by atoms with Crippen LogP contribution < -0.4 is 10.0 Å². The number of nitrogens with one attached hydrogen (secondary N) is 2. The number of hydrogen-bond acceptors (Lipinski definition) is 7. The van der Waals surface area contributed by atoms with E-state index in [0.717, 1.165) is 6.26 Å². The third-order valence-corrected chi connectivity index (χ3v) is 6.34. The van der Waals surface area contributed by atoms with E-state index >= 15 is 0 Å². The minimum Gasteiger partial charge on any atom is -0.454 e. The maximum absolute atomic E-state index is 12.2. The number of sulfonamides is 1. The van der Waals surface area contributed by atoms with E-state index in [1.54, 1.807) is 18.2 Å². The summed E-state index contributed by atoms with van der Waals surface area (Å²) in [6, 6.07) is 11.8. The van der Waals surface area contributed by atoms with E-state index in [0.29, 0.717) is 5.69 Å². The Labute approximate surface area is 169 Å². The molecule has 2 rings (SSSR count). The van der Waals surface area contributed by atoms with Crippen LogP contribution in [-0.4, -0.2) is 47.6 Å². The highest BCUT2D eigenvalue weighted by atomic mass is 32.2. The Hall–Kier alpha value is -2.76. The van der Waals surface area contributed by atoms with E-state index in [4.69, 9.17) is 4.74 Å². The van der Waals surface area contributed by atoms with Crippen LogP contribution in [0.4, 0.5) is 5.69 Å². The van der Waals surface area contributed by atoms with Gasteiger partial charge in [0.05, 0.1) is 9.79 Å². The van der Waals surface area contributed by atoms with E-state index in [1.807, 2.05) is 0 Å². The number of anilines is 1. The van der Waals surface area contributed by atoms with Crippen molar-refractivity contribution in [3.8, 4) is 0 Å². The molecule has 0 spiro atoms. The van der Waals surface area contributed by atoms with Crippen molar-refractivity contribution < 1.29 is 31.2 Å². The van der Waals surface area contributed by atoms with Gasteiger partial charge in [-0.1, -0.05) is 18.2 Å². The van der Waals surface area contributed by atoms with Crippen molar-refractivity contribution in [2.75, 3.05) is 18.2 Å². The molecule has 0 radical (unpaired) electrons. The molecule has 0 bridgehead atoms. The molecule has 0 heterocycles. The van der Waals surface area contributed by atoms with E-state index in [-0.39, 0.29) is 9.79 Å². The largest absolute Gasteiger partial charge is 0.454 e. The molecule has 9 nitrogen and oxygen atoms in total. The second kappa shape index (κ2) is 9.16. The molecular weight excluding hydrogens is 420 g/mol. The minimum atomic E-state index is -3.91. The monoisotopic (exact) mass is 440 g/mol. The number of sulfone groups is 1. The first-order chi connectivity index (χ1) is 13.5. The third-order valence-electron chi connectivity index (χ3n) is 3.65. The summed E-state index contributed by atoms with van der Waals surface area (Å²) in [7, 11) is -7.26. The number of rotatable bonds is 8. The van der Waals surface area contributed by atoms with E-state index < -0.39 is 44.4 Å². The summed E-state index contributed by atoms with van der Waals surface area (Å²) in [5.41, 5.74) is 0.316. The number of amides is 1. The lowest BCUT2D eigenvalue weighted by atomic mass is 10.3. The van der Waals surface area contributed by atoms with Gasteiger partial charge in [-0.15, -0.1) is 0 Å². The molecule has 0 saturated heterocycles. The highest BCUT2D eigenvalue weighted by Gasteiger charge is 2.23. The number of esters is 1. The van der Waals surface area contributed by atoms with Crippen molar-refractivity contribution in [3.05, 3.63) is 54.6 Å². The molecule has 2 aromatic rings. The van der Waals surface area contributed by atoms with Gasteiger partial charge in [0.25, 0.3) is 5.91 Å². The van der Waals surface area contributed by atoms with Gasteiger partial charge in [0.15, 0.2) is 16.4 Å². The summed E-state index contributed by atoms with van der Waals surface area (Å²) < 4.78 is 54.2. The summed E-state index contributed by atoms with van der Waals surface area (Å²) >= 11 is 0. The molecule has 11 heteroatoms. The van der Waals surface area contributed by atoms with Gasteiger partial charge in [-0.2, -0.15) is 4.72 Å². The first-order valence-corrected chi connectivity index (χ1v) is 11.7. The van der Waals surface area contributed by atoms with Crippen molar-refractivity contribution in [2.24, 2.45) is 0 Å². The Morgan fingerprint density at radius 1 is 0.931 bits per heavy atom. The molecule has 0 saturated carbocycles. The maximum Gasteiger partial charge on any atom is 0.324 e. The number of benzene rings is 2. The molecule has 0 aliphatic heterocycles. The van der Waals surface area contributed by atoms with Crippen LogP contribution in [0, 0.1) is 0 Å². The summed E-state index contributed by atoms with van der Waals surface area (Å²) in [6.07, 6.45) is 1.06. The van der Waals surface area contributed by atoms with Crippen LogP contribution in [-0.2, 0) is 34.2 Å². The van der Waals surface area contributed by atoms with E-state index in [9.17, 15) is 26.4 Å². The van der Waals surface area contributed by atoms with Crippen LogP contribution in [0.15, 0.2) is 64.4 Å². The van der Waals surface area contributed by atoms with Crippen molar-refractivity contribution in [1.29, 1.82) is 0 Å². The molecule has 156 valence electrons. The Morgan fingerprint density at radius 3 is 2.07 bits per heavy atom. The van der Waals surface area contributed by atoms with E-state index in [2.05, 4.69) is 10.0 Å². The van der Waals surface area contributed by atoms with Crippen LogP contribution in [0.1, 0.15) is 6.92 Å². The molecule has 2 N–H and O–H groups in total. The second-order valence-corrected chi connectivity index (χ2v) is 9.84. The fourth-order valence-corrected chi connectivity index (χ4v) is 4.04. The third kappa shape index (κ3) is 6.66. The standard InChI is InChI=1S/C18H20N2O7S2/c1-13(20-29(25,26)16-6-4-3-5-7-16)18(22)27-12-17(21)19-14-8-10-15(11-9-14)28(2,23)24/h3-11,13,20H,12H2,1-2H3,(H,19,21)/t13-/m0/s1. The zero-order valence-electron chi connectivity index (χ0n) is 15.7. The normalized spacial score (nSPS) is 12.8. The highest BCUT2D eigenvalue weighted by Crippen LogP contribution is 2.14. The highest BCUT2D eigenvalue weighted by molar-refractivity contribution is 7.90. The Kier molecular flexibility index (Phi) is 7.11. The van der Waals surface area contributed by atoms with Gasteiger partial charge < -0.3 is 10.1 Å². The van der Waals surface area contributed by atoms with Crippen LogP contribution in [0.3, 0.4) is 0 Å². The number of hydrogen-bond donors (Lipinski definition) is 2. The molecule has 0 aromatic heterocycles. The molecule has 29 heavy (non-hydrogen) atoms. The molecule has 1 amide bonds. The van der Waals surface area contributed by atoms with Gasteiger partial charge in [0.2, 0.25) is 10.0 Å². The van der Waals surface area contributed by atoms with Crippen molar-refractivity contribution in [3.63, 3.8) is 0 Å². The first-order valence-electron chi connectivity index (χ1n) is 8.33. The zero-order valence-corrected chi connectivity index (χ0v) is 17.3. The Morgan fingerprint density at radius 2 is 1.52 bits per heavy atom. The average Bonchev–Trinajstić information content (AvgIpc) is 2.66. The quantitative estimate of drug-likeness (QED) is 0.583. The summed E-state index contributed by atoms with van der Waals surface area (Å²) in [5.74, 6) is -1.59. The van der Waals surface area contributed by atoms with Gasteiger partial charge in [0.1, 0.15) is 6.04 Å². The molecular formula is C18H20N2O7S2. The predicted octanol–water partition coefficient (Wildman–Crippen LogP) is 0.939. The SMILES string of the molecule is C[C@H](NS(=O)(=O)c1ccccc1)C(=O)OCC(=O)Nc1ccc(S(C)(=O)=O)cc1. The van der Waals surface area contributed by atoms with Gasteiger partial charge in [0, 0.05) is 11.9 Å². The van der Waals surface area contributed by atoms with Crippen molar-refractivity contribution in [2.45, 2.75) is 22.8 Å². The predicted molar refractivity (Wildman–Crippen MR) is 105 cm³/mol. The fraction of sp³-hybridized carbons (Fsp3) is 0.222. The molecule has 0 aliphatic rings.